The summed E-state index contributed by atoms with van der Waals surface area (Å²) in [7, 11) is 1.31. The van der Waals surface area contributed by atoms with Crippen LogP contribution in [0.4, 0.5) is 11.5 Å². The number of ether oxygens (including phenoxy) is 1. The molecule has 0 bridgehead atoms. The van der Waals surface area contributed by atoms with Crippen molar-refractivity contribution in [2.75, 3.05) is 31.4 Å². The summed E-state index contributed by atoms with van der Waals surface area (Å²) < 4.78 is 34.3. The highest BCUT2D eigenvalue weighted by Crippen LogP contribution is 2.29. The van der Waals surface area contributed by atoms with Crippen LogP contribution in [0.5, 0.6) is 5.75 Å². The minimum atomic E-state index is -3.85. The van der Waals surface area contributed by atoms with Crippen LogP contribution in [0.2, 0.25) is 0 Å². The van der Waals surface area contributed by atoms with Gasteiger partial charge in [-0.15, -0.1) is 0 Å². The third-order valence-corrected chi connectivity index (χ3v) is 7.11. The Morgan fingerprint density at radius 3 is 2.52 bits per heavy atom. The second-order valence-electron chi connectivity index (χ2n) is 8.11. The molecule has 168 valence electrons. The number of benzene rings is 1. The van der Waals surface area contributed by atoms with E-state index in [1.54, 1.807) is 18.3 Å². The molecule has 1 aromatic carbocycles. The van der Waals surface area contributed by atoms with Crippen molar-refractivity contribution in [1.29, 1.82) is 0 Å². The molecule has 1 aliphatic rings. The predicted octanol–water partition coefficient (Wildman–Crippen LogP) is 3.27. The number of hydrogen-bond acceptors (Lipinski definition) is 6. The van der Waals surface area contributed by atoms with Crippen LogP contribution < -0.4 is 19.7 Å². The van der Waals surface area contributed by atoms with Crippen LogP contribution in [0.15, 0.2) is 41.4 Å². The number of carbonyl (C=O) groups is 1. The standard InChI is InChI=1S/C22H30N4O4S/c1-15-7-5-6-8-18(15)25-31(28,29)20-13-16(9-11-19(20)30-4)22(27)24-17-10-12-21(23-14-17)26(2)3/h9-15,18,25H,5-8H2,1-4H3,(H,24,27). The number of anilines is 2. The van der Waals surface area contributed by atoms with Gasteiger partial charge in [0.25, 0.3) is 5.91 Å². The van der Waals surface area contributed by atoms with E-state index in [4.69, 9.17) is 4.74 Å². The zero-order chi connectivity index (χ0) is 22.6. The second-order valence-corrected chi connectivity index (χ2v) is 9.79. The summed E-state index contributed by atoms with van der Waals surface area (Å²) in [6.45, 7) is 2.06. The molecule has 2 aromatic rings. The van der Waals surface area contributed by atoms with Gasteiger partial charge < -0.3 is 15.0 Å². The van der Waals surface area contributed by atoms with Gasteiger partial charge in [-0.05, 0) is 49.1 Å². The van der Waals surface area contributed by atoms with Crippen molar-refractivity contribution in [1.82, 2.24) is 9.71 Å². The normalized spacial score (nSPS) is 19.0. The van der Waals surface area contributed by atoms with E-state index in [2.05, 4.69) is 21.9 Å². The molecule has 1 aliphatic carbocycles. The zero-order valence-electron chi connectivity index (χ0n) is 18.4. The lowest BCUT2D eigenvalue weighted by molar-refractivity contribution is 0.102. The maximum atomic E-state index is 13.1. The molecule has 31 heavy (non-hydrogen) atoms. The van der Waals surface area contributed by atoms with E-state index in [0.717, 1.165) is 31.5 Å². The molecular weight excluding hydrogens is 416 g/mol. The maximum absolute atomic E-state index is 13.1. The molecule has 0 saturated heterocycles. The first-order chi connectivity index (χ1) is 14.7. The van der Waals surface area contributed by atoms with E-state index in [1.165, 1.54) is 25.3 Å². The van der Waals surface area contributed by atoms with Gasteiger partial charge in [0.05, 0.1) is 19.0 Å². The average Bonchev–Trinajstić information content (AvgIpc) is 2.75. The molecule has 3 rings (SSSR count). The number of amides is 1. The minimum Gasteiger partial charge on any atom is -0.495 e. The van der Waals surface area contributed by atoms with Crippen LogP contribution in [0.25, 0.3) is 0 Å². The minimum absolute atomic E-state index is 0.0403. The molecule has 9 heteroatoms. The number of nitrogens with one attached hydrogen (secondary N) is 2. The van der Waals surface area contributed by atoms with E-state index >= 15 is 0 Å². The first-order valence-electron chi connectivity index (χ1n) is 10.4. The smallest absolute Gasteiger partial charge is 0.255 e. The van der Waals surface area contributed by atoms with Crippen LogP contribution >= 0.6 is 0 Å². The molecule has 1 saturated carbocycles. The van der Waals surface area contributed by atoms with Crippen LogP contribution in [0.3, 0.4) is 0 Å². The first-order valence-corrected chi connectivity index (χ1v) is 11.8. The lowest BCUT2D eigenvalue weighted by Crippen LogP contribution is -2.41. The quantitative estimate of drug-likeness (QED) is 0.677. The third kappa shape index (κ3) is 5.54. The lowest BCUT2D eigenvalue weighted by Gasteiger charge is -2.29. The Morgan fingerprint density at radius 2 is 1.90 bits per heavy atom. The molecule has 0 spiro atoms. The SMILES string of the molecule is COc1ccc(C(=O)Nc2ccc(N(C)C)nc2)cc1S(=O)(=O)NC1CCCCC1C. The van der Waals surface area contributed by atoms with Crippen molar-refractivity contribution in [3.05, 3.63) is 42.1 Å². The Hall–Kier alpha value is -2.65. The van der Waals surface area contributed by atoms with Gasteiger partial charge in [-0.2, -0.15) is 0 Å². The molecule has 1 heterocycles. The number of carbonyl (C=O) groups excluding carboxylic acids is 1. The van der Waals surface area contributed by atoms with E-state index < -0.39 is 15.9 Å². The van der Waals surface area contributed by atoms with E-state index in [0.29, 0.717) is 5.69 Å². The van der Waals surface area contributed by atoms with Crippen molar-refractivity contribution < 1.29 is 17.9 Å². The highest BCUT2D eigenvalue weighted by atomic mass is 32.2. The highest BCUT2D eigenvalue weighted by Gasteiger charge is 2.29. The lowest BCUT2D eigenvalue weighted by atomic mass is 9.87. The number of aromatic nitrogens is 1. The monoisotopic (exact) mass is 446 g/mol. The molecular formula is C22H30N4O4S. The number of rotatable bonds is 7. The maximum Gasteiger partial charge on any atom is 0.255 e. The summed E-state index contributed by atoms with van der Waals surface area (Å²) in [6, 6.07) is 7.80. The number of sulfonamides is 1. The molecule has 2 N–H and O–H groups in total. The summed E-state index contributed by atoms with van der Waals surface area (Å²) in [5, 5.41) is 2.75. The average molecular weight is 447 g/mol. The van der Waals surface area contributed by atoms with E-state index in [-0.39, 0.29) is 28.2 Å². The fourth-order valence-electron chi connectivity index (χ4n) is 3.71. The molecule has 8 nitrogen and oxygen atoms in total. The Bertz CT molecular complexity index is 1020. The van der Waals surface area contributed by atoms with Crippen molar-refractivity contribution >= 4 is 27.4 Å². The van der Waals surface area contributed by atoms with Crippen molar-refractivity contribution in [2.24, 2.45) is 5.92 Å². The van der Waals surface area contributed by atoms with E-state index in [1.807, 2.05) is 19.0 Å². The van der Waals surface area contributed by atoms with Crippen molar-refractivity contribution in [3.8, 4) is 5.75 Å². The fraction of sp³-hybridized carbons (Fsp3) is 0.455. The summed E-state index contributed by atoms with van der Waals surface area (Å²) in [5.41, 5.74) is 0.736. The van der Waals surface area contributed by atoms with Gasteiger partial charge in [-0.25, -0.2) is 18.1 Å². The molecule has 0 aliphatic heterocycles. The topological polar surface area (TPSA) is 101 Å². The molecule has 1 aromatic heterocycles. The summed E-state index contributed by atoms with van der Waals surface area (Å²) in [4.78, 5) is 18.8. The summed E-state index contributed by atoms with van der Waals surface area (Å²) >= 11 is 0. The van der Waals surface area contributed by atoms with Crippen LogP contribution in [0.1, 0.15) is 43.0 Å². The van der Waals surface area contributed by atoms with Gasteiger partial charge in [0.2, 0.25) is 10.0 Å². The van der Waals surface area contributed by atoms with Gasteiger partial charge in [-0.3, -0.25) is 4.79 Å². The summed E-state index contributed by atoms with van der Waals surface area (Å²) in [5.74, 6) is 0.798. The fourth-order valence-corrected chi connectivity index (χ4v) is 5.28. The number of hydrogen-bond donors (Lipinski definition) is 2. The molecule has 2 atom stereocenters. The molecule has 1 amide bonds. The third-order valence-electron chi connectivity index (χ3n) is 5.60. The number of pyridine rings is 1. The largest absolute Gasteiger partial charge is 0.495 e. The van der Waals surface area contributed by atoms with Gasteiger partial charge in [0.15, 0.2) is 0 Å². The van der Waals surface area contributed by atoms with Gasteiger partial charge in [0.1, 0.15) is 16.5 Å². The molecule has 1 fully saturated rings. The molecule has 2 unspecified atom stereocenters. The van der Waals surface area contributed by atoms with Crippen molar-refractivity contribution in [2.45, 2.75) is 43.5 Å². The number of nitrogens with zero attached hydrogens (tertiary/aromatic N) is 2. The Balaban J connectivity index is 1.82. The van der Waals surface area contributed by atoms with Gasteiger partial charge in [-0.1, -0.05) is 19.8 Å². The van der Waals surface area contributed by atoms with Crippen LogP contribution in [-0.4, -0.2) is 46.6 Å². The predicted molar refractivity (Wildman–Crippen MR) is 121 cm³/mol. The Labute approximate surface area is 184 Å². The highest BCUT2D eigenvalue weighted by molar-refractivity contribution is 7.89. The zero-order valence-corrected chi connectivity index (χ0v) is 19.2. The van der Waals surface area contributed by atoms with Crippen LogP contribution in [0, 0.1) is 5.92 Å². The van der Waals surface area contributed by atoms with Crippen molar-refractivity contribution in [3.63, 3.8) is 0 Å². The van der Waals surface area contributed by atoms with Crippen LogP contribution in [-0.2, 0) is 10.0 Å². The van der Waals surface area contributed by atoms with Gasteiger partial charge >= 0.3 is 0 Å². The summed E-state index contributed by atoms with van der Waals surface area (Å²) in [6.07, 6.45) is 5.47. The Morgan fingerprint density at radius 1 is 1.16 bits per heavy atom. The second kappa shape index (κ2) is 9.65. The Kier molecular flexibility index (Phi) is 7.17. The first kappa shape index (κ1) is 23.0. The van der Waals surface area contributed by atoms with E-state index in [9.17, 15) is 13.2 Å². The van der Waals surface area contributed by atoms with Gasteiger partial charge in [0, 0.05) is 25.7 Å². The molecule has 0 radical (unpaired) electrons. The number of methoxy groups -OCH3 is 1.